The van der Waals surface area contributed by atoms with E-state index in [9.17, 15) is 0 Å². The Bertz CT molecular complexity index is 590. The van der Waals surface area contributed by atoms with Crippen LogP contribution in [0, 0.1) is 6.92 Å². The Morgan fingerprint density at radius 2 is 1.93 bits per heavy atom. The van der Waals surface area contributed by atoms with Crippen LogP contribution in [0.2, 0.25) is 0 Å². The van der Waals surface area contributed by atoms with E-state index in [1.165, 1.54) is 21.5 Å². The largest absolute Gasteiger partial charge is 0.308 e. The van der Waals surface area contributed by atoms with Crippen molar-refractivity contribution in [2.75, 3.05) is 0 Å². The van der Waals surface area contributed by atoms with Gasteiger partial charge in [-0.15, -0.1) is 11.3 Å². The number of nitrogens with zero attached hydrogens (tertiary/aromatic N) is 1. The molecule has 2 aromatic heterocycles. The van der Waals surface area contributed by atoms with E-state index >= 15 is 0 Å². The molecule has 0 fully saturated rings. The van der Waals surface area contributed by atoms with Gasteiger partial charge in [-0.1, -0.05) is 18.2 Å². The Balaban J connectivity index is 2.37. The maximum absolute atomic E-state index is 2.26. The third-order valence-corrected chi connectivity index (χ3v) is 3.52. The van der Waals surface area contributed by atoms with Gasteiger partial charge in [-0.2, -0.15) is 0 Å². The van der Waals surface area contributed by atoms with Crippen LogP contribution < -0.4 is 0 Å². The van der Waals surface area contributed by atoms with E-state index in [1.807, 2.05) is 0 Å². The first kappa shape index (κ1) is 8.74. The Morgan fingerprint density at radius 1 is 1.07 bits per heavy atom. The molecule has 3 aromatic rings. The molecule has 0 N–H and O–H groups in total. The summed E-state index contributed by atoms with van der Waals surface area (Å²) in [7, 11) is 0. The molecular weight excluding hydrogens is 202 g/mol. The summed E-state index contributed by atoms with van der Waals surface area (Å²) in [4.78, 5) is 0. The molecule has 0 spiro atoms. The lowest BCUT2D eigenvalue weighted by molar-refractivity contribution is 1.15. The third kappa shape index (κ3) is 1.29. The van der Waals surface area contributed by atoms with Crippen LogP contribution in [0.4, 0.5) is 0 Å². The smallest absolute Gasteiger partial charge is 0.0994 e. The number of aromatic nitrogens is 1. The third-order valence-electron chi connectivity index (χ3n) is 2.65. The molecule has 2 heterocycles. The number of benzene rings is 1. The second-order valence-electron chi connectivity index (χ2n) is 3.65. The fourth-order valence-electron chi connectivity index (χ4n) is 1.94. The number of thiophene rings is 1. The second-order valence-corrected chi connectivity index (χ2v) is 4.58. The molecule has 0 radical (unpaired) electrons. The highest BCUT2D eigenvalue weighted by molar-refractivity contribution is 7.12. The van der Waals surface area contributed by atoms with Crippen LogP contribution in [-0.2, 0) is 0 Å². The van der Waals surface area contributed by atoms with E-state index in [0.717, 1.165) is 0 Å². The summed E-state index contributed by atoms with van der Waals surface area (Å²) < 4.78 is 2.26. The number of rotatable bonds is 1. The van der Waals surface area contributed by atoms with Crippen LogP contribution >= 0.6 is 11.3 Å². The van der Waals surface area contributed by atoms with Crippen molar-refractivity contribution in [3.05, 3.63) is 53.5 Å². The summed E-state index contributed by atoms with van der Waals surface area (Å²) in [6.45, 7) is 2.16. The maximum Gasteiger partial charge on any atom is 0.0994 e. The number of hydrogen-bond acceptors (Lipinski definition) is 1. The predicted molar refractivity (Wildman–Crippen MR) is 65.9 cm³/mol. The molecule has 2 heteroatoms. The Hall–Kier alpha value is -1.54. The van der Waals surface area contributed by atoms with Crippen molar-refractivity contribution < 1.29 is 0 Å². The first-order valence-electron chi connectivity index (χ1n) is 4.97. The average molecular weight is 213 g/mol. The highest BCUT2D eigenvalue weighted by atomic mass is 32.1. The topological polar surface area (TPSA) is 4.93 Å². The van der Waals surface area contributed by atoms with E-state index in [2.05, 4.69) is 59.5 Å². The molecule has 0 atom stereocenters. The quantitative estimate of drug-likeness (QED) is 0.575. The van der Waals surface area contributed by atoms with E-state index in [0.29, 0.717) is 0 Å². The molecule has 3 rings (SSSR count). The van der Waals surface area contributed by atoms with Crippen molar-refractivity contribution in [1.82, 2.24) is 4.57 Å². The zero-order valence-electron chi connectivity index (χ0n) is 8.47. The van der Waals surface area contributed by atoms with Gasteiger partial charge in [-0.3, -0.25) is 0 Å². The lowest BCUT2D eigenvalue weighted by atomic mass is 10.2. The lowest BCUT2D eigenvalue weighted by Crippen LogP contribution is -1.86. The SMILES string of the molecule is Cc1cn(-c2cccs2)c2ccccc12. The van der Waals surface area contributed by atoms with Gasteiger partial charge in [0.15, 0.2) is 0 Å². The lowest BCUT2D eigenvalue weighted by Gasteiger charge is -2.00. The summed E-state index contributed by atoms with van der Waals surface area (Å²) in [5.41, 5.74) is 2.62. The van der Waals surface area contributed by atoms with Crippen LogP contribution in [0.3, 0.4) is 0 Å². The molecule has 0 saturated heterocycles. The molecule has 15 heavy (non-hydrogen) atoms. The van der Waals surface area contributed by atoms with Gasteiger partial charge in [0.1, 0.15) is 0 Å². The molecule has 0 aliphatic rings. The number of aryl methyl sites for hydroxylation is 1. The summed E-state index contributed by atoms with van der Waals surface area (Å²) in [6.07, 6.45) is 2.20. The van der Waals surface area contributed by atoms with Gasteiger partial charge in [0.05, 0.1) is 10.5 Å². The zero-order valence-corrected chi connectivity index (χ0v) is 9.29. The molecule has 1 nitrogen and oxygen atoms in total. The molecule has 0 unspecified atom stereocenters. The minimum Gasteiger partial charge on any atom is -0.308 e. The van der Waals surface area contributed by atoms with Crippen molar-refractivity contribution in [3.8, 4) is 5.00 Å². The second kappa shape index (κ2) is 3.24. The predicted octanol–water partition coefficient (Wildman–Crippen LogP) is 4.00. The van der Waals surface area contributed by atoms with Gasteiger partial charge in [0.2, 0.25) is 0 Å². The Kier molecular flexibility index (Phi) is 1.89. The highest BCUT2D eigenvalue weighted by Crippen LogP contribution is 2.26. The fraction of sp³-hybridized carbons (Fsp3) is 0.0769. The normalized spacial score (nSPS) is 11.0. The zero-order chi connectivity index (χ0) is 10.3. The molecular formula is C13H11NS. The summed E-state index contributed by atoms with van der Waals surface area (Å²) in [6, 6.07) is 12.8. The van der Waals surface area contributed by atoms with Crippen molar-refractivity contribution in [1.29, 1.82) is 0 Å². The van der Waals surface area contributed by atoms with Crippen LogP contribution in [0.25, 0.3) is 15.9 Å². The van der Waals surface area contributed by atoms with Gasteiger partial charge in [0.25, 0.3) is 0 Å². The monoisotopic (exact) mass is 213 g/mol. The van der Waals surface area contributed by atoms with Crippen molar-refractivity contribution in [3.63, 3.8) is 0 Å². The van der Waals surface area contributed by atoms with E-state index in [4.69, 9.17) is 0 Å². The van der Waals surface area contributed by atoms with E-state index in [1.54, 1.807) is 11.3 Å². The Labute approximate surface area is 92.6 Å². The van der Waals surface area contributed by atoms with Crippen LogP contribution in [0.1, 0.15) is 5.56 Å². The summed E-state index contributed by atoms with van der Waals surface area (Å²) >= 11 is 1.77. The van der Waals surface area contributed by atoms with Crippen LogP contribution in [-0.4, -0.2) is 4.57 Å². The molecule has 74 valence electrons. The van der Waals surface area contributed by atoms with Gasteiger partial charge >= 0.3 is 0 Å². The number of fused-ring (bicyclic) bond motifs is 1. The van der Waals surface area contributed by atoms with Gasteiger partial charge in [0, 0.05) is 11.6 Å². The Morgan fingerprint density at radius 3 is 2.73 bits per heavy atom. The molecule has 0 bridgehead atoms. The van der Waals surface area contributed by atoms with Crippen LogP contribution in [0.15, 0.2) is 48.0 Å². The molecule has 0 amide bonds. The minimum absolute atomic E-state index is 1.28. The van der Waals surface area contributed by atoms with Crippen LogP contribution in [0.5, 0.6) is 0 Å². The fourth-order valence-corrected chi connectivity index (χ4v) is 2.66. The number of para-hydroxylation sites is 1. The molecule has 0 saturated carbocycles. The first-order valence-corrected chi connectivity index (χ1v) is 5.85. The maximum atomic E-state index is 2.26. The number of hydrogen-bond donors (Lipinski definition) is 0. The highest BCUT2D eigenvalue weighted by Gasteiger charge is 2.05. The standard InChI is InChI=1S/C13H11NS/c1-10-9-14(13-7-4-8-15-13)12-6-3-2-5-11(10)12/h2-9H,1H3. The molecule has 1 aromatic carbocycles. The van der Waals surface area contributed by atoms with Crippen molar-refractivity contribution in [2.45, 2.75) is 6.92 Å². The summed E-state index contributed by atoms with van der Waals surface area (Å²) in [5.74, 6) is 0. The van der Waals surface area contributed by atoms with Gasteiger partial charge in [-0.25, -0.2) is 0 Å². The average Bonchev–Trinajstić information content (AvgIpc) is 2.87. The van der Waals surface area contributed by atoms with Gasteiger partial charge < -0.3 is 4.57 Å². The first-order chi connectivity index (χ1) is 7.36. The minimum atomic E-state index is 1.28. The van der Waals surface area contributed by atoms with E-state index in [-0.39, 0.29) is 0 Å². The molecule has 0 aliphatic heterocycles. The van der Waals surface area contributed by atoms with Crippen molar-refractivity contribution in [2.24, 2.45) is 0 Å². The van der Waals surface area contributed by atoms with Gasteiger partial charge in [-0.05, 0) is 36.1 Å². The van der Waals surface area contributed by atoms with E-state index < -0.39 is 0 Å². The summed E-state index contributed by atoms with van der Waals surface area (Å²) in [5, 5.41) is 4.73. The van der Waals surface area contributed by atoms with Crippen molar-refractivity contribution >= 4 is 22.2 Å². The molecule has 0 aliphatic carbocycles.